The third-order valence-corrected chi connectivity index (χ3v) is 2.56. The lowest BCUT2D eigenvalue weighted by atomic mass is 10.1. The fourth-order valence-corrected chi connectivity index (χ4v) is 1.70. The fraction of sp³-hybridized carbons (Fsp3) is 0.500. The number of anilines is 1. The van der Waals surface area contributed by atoms with Crippen molar-refractivity contribution in [3.8, 4) is 5.75 Å². The Hall–Kier alpha value is -1.40. The van der Waals surface area contributed by atoms with E-state index in [0.717, 1.165) is 0 Å². The number of nitrogens with zero attached hydrogens (tertiary/aromatic N) is 1. The van der Waals surface area contributed by atoms with Gasteiger partial charge in [0.25, 0.3) is 6.43 Å². The molecule has 1 aromatic rings. The first-order valence-corrected chi connectivity index (χ1v) is 5.60. The number of hydrogen-bond acceptors (Lipinski definition) is 4. The largest absolute Gasteiger partial charge is 0.507 e. The summed E-state index contributed by atoms with van der Waals surface area (Å²) in [5, 5.41) is 27.9. The molecule has 102 valence electrons. The predicted octanol–water partition coefficient (Wildman–Crippen LogP) is 1.51. The molecule has 1 rings (SSSR count). The van der Waals surface area contributed by atoms with Crippen LogP contribution in [0.25, 0.3) is 0 Å². The van der Waals surface area contributed by atoms with Crippen molar-refractivity contribution >= 4 is 5.69 Å². The molecule has 18 heavy (non-hydrogen) atoms. The molecule has 0 aromatic heterocycles. The van der Waals surface area contributed by atoms with Gasteiger partial charge in [0.05, 0.1) is 19.3 Å². The molecule has 0 aliphatic heterocycles. The van der Waals surface area contributed by atoms with Crippen LogP contribution in [0.1, 0.15) is 18.6 Å². The predicted molar refractivity (Wildman–Crippen MR) is 64.0 cm³/mol. The van der Waals surface area contributed by atoms with Crippen LogP contribution in [0.3, 0.4) is 0 Å². The number of hydrogen-bond donors (Lipinski definition) is 3. The molecule has 0 saturated heterocycles. The van der Waals surface area contributed by atoms with E-state index in [0.29, 0.717) is 11.3 Å². The number of rotatable bonds is 6. The second kappa shape index (κ2) is 6.51. The maximum absolute atomic E-state index is 12.4. The lowest BCUT2D eigenvalue weighted by molar-refractivity contribution is 0.152. The van der Waals surface area contributed by atoms with Gasteiger partial charge in [0.1, 0.15) is 5.75 Å². The number of aromatic hydroxyl groups is 1. The quantitative estimate of drug-likeness (QED) is 0.726. The molecule has 1 aromatic carbocycles. The first kappa shape index (κ1) is 14.7. The maximum Gasteiger partial charge on any atom is 0.255 e. The molecule has 6 heteroatoms. The van der Waals surface area contributed by atoms with Crippen LogP contribution in [-0.2, 0) is 0 Å². The fourth-order valence-electron chi connectivity index (χ4n) is 1.70. The van der Waals surface area contributed by atoms with E-state index in [1.165, 1.54) is 30.0 Å². The molecule has 0 fully saturated rings. The van der Waals surface area contributed by atoms with Crippen LogP contribution in [0.2, 0.25) is 0 Å². The van der Waals surface area contributed by atoms with Crippen molar-refractivity contribution in [1.29, 1.82) is 0 Å². The molecule has 0 radical (unpaired) electrons. The molecule has 3 N–H and O–H groups in total. The van der Waals surface area contributed by atoms with Crippen LogP contribution in [0.4, 0.5) is 14.5 Å². The Balaban J connectivity index is 2.95. The van der Waals surface area contributed by atoms with Crippen LogP contribution in [0, 0.1) is 0 Å². The molecule has 0 spiro atoms. The first-order valence-electron chi connectivity index (χ1n) is 5.60. The van der Waals surface area contributed by atoms with Gasteiger partial charge in [0.2, 0.25) is 0 Å². The second-order valence-corrected chi connectivity index (χ2v) is 3.98. The summed E-state index contributed by atoms with van der Waals surface area (Å²) in [5.41, 5.74) is 0.714. The van der Waals surface area contributed by atoms with Gasteiger partial charge in [-0.3, -0.25) is 0 Å². The normalized spacial score (nSPS) is 12.8. The summed E-state index contributed by atoms with van der Waals surface area (Å²) in [6.07, 6.45) is -3.37. The molecule has 0 bridgehead atoms. The van der Waals surface area contributed by atoms with Gasteiger partial charge in [0.15, 0.2) is 0 Å². The van der Waals surface area contributed by atoms with Gasteiger partial charge in [0, 0.05) is 23.9 Å². The summed E-state index contributed by atoms with van der Waals surface area (Å²) < 4.78 is 24.8. The Morgan fingerprint density at radius 2 is 2.00 bits per heavy atom. The first-order chi connectivity index (χ1) is 8.45. The summed E-state index contributed by atoms with van der Waals surface area (Å²) in [6, 6.07) is 4.31. The van der Waals surface area contributed by atoms with E-state index >= 15 is 0 Å². The Morgan fingerprint density at radius 3 is 2.44 bits per heavy atom. The molecule has 4 nitrogen and oxygen atoms in total. The van der Waals surface area contributed by atoms with Crippen LogP contribution in [0.5, 0.6) is 5.75 Å². The van der Waals surface area contributed by atoms with Gasteiger partial charge in [-0.25, -0.2) is 8.78 Å². The molecule has 0 aliphatic carbocycles. The summed E-state index contributed by atoms with van der Waals surface area (Å²) in [6.45, 7) is 0.775. The van der Waals surface area contributed by atoms with Crippen molar-refractivity contribution in [1.82, 2.24) is 0 Å². The number of phenolic OH excluding ortho intramolecular Hbond substituents is 1. The summed E-state index contributed by atoms with van der Waals surface area (Å²) >= 11 is 0. The third kappa shape index (κ3) is 3.82. The summed E-state index contributed by atoms with van der Waals surface area (Å²) in [4.78, 5) is 1.27. The SMILES string of the molecule is CC(O)c1ccc(N(CCO)CC(F)F)cc1O. The van der Waals surface area contributed by atoms with E-state index in [2.05, 4.69) is 0 Å². The Morgan fingerprint density at radius 1 is 1.33 bits per heavy atom. The average molecular weight is 261 g/mol. The maximum atomic E-state index is 12.4. The van der Waals surface area contributed by atoms with Crippen LogP contribution in [-0.4, -0.2) is 41.4 Å². The zero-order valence-corrected chi connectivity index (χ0v) is 10.1. The van der Waals surface area contributed by atoms with Crippen molar-refractivity contribution in [2.75, 3.05) is 24.6 Å². The minimum absolute atomic E-state index is 0.0534. The lowest BCUT2D eigenvalue weighted by Crippen LogP contribution is -2.31. The summed E-state index contributed by atoms with van der Waals surface area (Å²) in [7, 11) is 0. The van der Waals surface area contributed by atoms with Crippen molar-refractivity contribution in [2.24, 2.45) is 0 Å². The van der Waals surface area contributed by atoms with E-state index < -0.39 is 19.1 Å². The molecule has 0 saturated carbocycles. The van der Waals surface area contributed by atoms with Crippen LogP contribution in [0.15, 0.2) is 18.2 Å². The highest BCUT2D eigenvalue weighted by atomic mass is 19.3. The van der Waals surface area contributed by atoms with E-state index in [1.807, 2.05) is 0 Å². The van der Waals surface area contributed by atoms with E-state index in [1.54, 1.807) is 0 Å². The minimum atomic E-state index is -2.53. The third-order valence-electron chi connectivity index (χ3n) is 2.56. The number of aliphatic hydroxyl groups excluding tert-OH is 2. The number of halogens is 2. The van der Waals surface area contributed by atoms with Gasteiger partial charge < -0.3 is 20.2 Å². The van der Waals surface area contributed by atoms with Crippen molar-refractivity contribution in [3.63, 3.8) is 0 Å². The highest BCUT2D eigenvalue weighted by Gasteiger charge is 2.15. The smallest absolute Gasteiger partial charge is 0.255 e. The number of aliphatic hydroxyl groups is 2. The molecule has 0 heterocycles. The van der Waals surface area contributed by atoms with E-state index in [-0.39, 0.29) is 18.9 Å². The topological polar surface area (TPSA) is 63.9 Å². The number of phenols is 1. The van der Waals surface area contributed by atoms with Crippen molar-refractivity contribution in [2.45, 2.75) is 19.5 Å². The second-order valence-electron chi connectivity index (χ2n) is 3.98. The van der Waals surface area contributed by atoms with Gasteiger partial charge in [-0.2, -0.15) is 0 Å². The highest BCUT2D eigenvalue weighted by Crippen LogP contribution is 2.29. The van der Waals surface area contributed by atoms with E-state index in [9.17, 15) is 19.0 Å². The molecule has 0 amide bonds. The van der Waals surface area contributed by atoms with Gasteiger partial charge in [-0.1, -0.05) is 6.07 Å². The molecule has 1 unspecified atom stereocenters. The Kier molecular flexibility index (Phi) is 5.30. The standard InChI is InChI=1S/C12H17F2NO3/c1-8(17)10-3-2-9(6-11(10)18)15(4-5-16)7-12(13)14/h2-3,6,8,12,16-18H,4-5,7H2,1H3. The Bertz CT molecular complexity index is 386. The zero-order valence-electron chi connectivity index (χ0n) is 10.1. The monoisotopic (exact) mass is 261 g/mol. The number of benzene rings is 1. The molecular formula is C12H17F2NO3. The Labute approximate surface area is 104 Å². The average Bonchev–Trinajstić information content (AvgIpc) is 2.27. The minimum Gasteiger partial charge on any atom is -0.507 e. The zero-order chi connectivity index (χ0) is 13.7. The van der Waals surface area contributed by atoms with Gasteiger partial charge in [-0.15, -0.1) is 0 Å². The highest BCUT2D eigenvalue weighted by molar-refractivity contribution is 5.54. The van der Waals surface area contributed by atoms with Gasteiger partial charge in [-0.05, 0) is 13.0 Å². The van der Waals surface area contributed by atoms with Crippen LogP contribution >= 0.6 is 0 Å². The van der Waals surface area contributed by atoms with Crippen molar-refractivity contribution < 1.29 is 24.1 Å². The number of alkyl halides is 2. The lowest BCUT2D eigenvalue weighted by Gasteiger charge is -2.24. The molecular weight excluding hydrogens is 244 g/mol. The van der Waals surface area contributed by atoms with E-state index in [4.69, 9.17) is 5.11 Å². The molecule has 0 aliphatic rings. The van der Waals surface area contributed by atoms with Gasteiger partial charge >= 0.3 is 0 Å². The van der Waals surface area contributed by atoms with Crippen LogP contribution < -0.4 is 4.90 Å². The molecule has 1 atom stereocenters. The summed E-state index contributed by atoms with van der Waals surface area (Å²) in [5.74, 6) is -0.153. The van der Waals surface area contributed by atoms with Crippen molar-refractivity contribution in [3.05, 3.63) is 23.8 Å².